The lowest BCUT2D eigenvalue weighted by atomic mass is 9.77. The van der Waals surface area contributed by atoms with Gasteiger partial charge in [0.1, 0.15) is 52.7 Å². The molecule has 0 fully saturated rings. The second kappa shape index (κ2) is 59.8. The minimum absolute atomic E-state index is 0.00640. The molecule has 6 aromatic heterocycles. The monoisotopic (exact) mass is 2100 g/mol. The molecule has 766 valence electrons. The number of imidazole rings is 3. The molecule has 43 heteroatoms. The van der Waals surface area contributed by atoms with E-state index in [9.17, 15) is 37.8 Å². The van der Waals surface area contributed by atoms with Crippen LogP contribution in [0.3, 0.4) is 0 Å². The third kappa shape index (κ3) is 37.0. The number of benzene rings is 6. The van der Waals surface area contributed by atoms with Crippen LogP contribution in [0.2, 0.25) is 10.3 Å². The Labute approximate surface area is 847 Å². The Bertz CT molecular complexity index is 5850. The van der Waals surface area contributed by atoms with Gasteiger partial charge in [0.15, 0.2) is 55.7 Å². The van der Waals surface area contributed by atoms with Crippen molar-refractivity contribution in [2.75, 3.05) is 133 Å². The summed E-state index contributed by atoms with van der Waals surface area (Å²) in [5.74, 6) is 3.18. The second-order valence-electron chi connectivity index (χ2n) is 33.0. The highest BCUT2D eigenvalue weighted by Crippen LogP contribution is 2.51. The van der Waals surface area contributed by atoms with Gasteiger partial charge in [-0.1, -0.05) is 257 Å². The van der Waals surface area contributed by atoms with Crippen LogP contribution in [-0.4, -0.2) is 217 Å². The predicted octanol–water partition coefficient (Wildman–Crippen LogP) is 19.0. The summed E-state index contributed by atoms with van der Waals surface area (Å²) < 4.78 is 92.8. The highest BCUT2D eigenvalue weighted by atomic mass is 35.5. The van der Waals surface area contributed by atoms with Crippen molar-refractivity contribution in [3.05, 3.63) is 243 Å². The number of unbranched alkanes of at least 4 members (excludes halogenated alkanes) is 4. The second-order valence-corrected chi connectivity index (χ2v) is 42.9. The zero-order valence-electron chi connectivity index (χ0n) is 82.2. The molecule has 6 heterocycles. The van der Waals surface area contributed by atoms with Crippen LogP contribution in [0.15, 0.2) is 194 Å². The average molecular weight is 2100 g/mol. The Morgan fingerprint density at radius 2 is 0.794 bits per heavy atom. The summed E-state index contributed by atoms with van der Waals surface area (Å²) in [6, 6.07) is 55.8. The standard InChI is InChI=1S/C34H39ClN5O5P.C28H27ClN5O5P.C16H24N5O7PS2.C16H36N.C4H8O2S/c1-24(2)44-46(41,45-25(3)4)23-43-21-20-40-22-36-30-31(35)37-33(38-32(30)40)39-34(26-12-8-6-9-13-26,27-14-10-7-11-15-27)28-16-18-29(42-5)19-17-28;1-38-23-14-12-22(13-15-23)28(20-8-4-2-5-9-20,21-10-6-3-7-11-21)33-27-31-25(29)24-26(32-27)34(18-30-24)16-17-39-19-40(35,36)37;1-11(22)30-7-5-27-29(25,28-6-8-31-12(2)23)10-26-4-3-21-9-18-13-14(21)19-16(17)20-15(13)24;1-5-9-13-17(14-10-6-2,15-11-7-3)16-12-8-4;1-4(6)7-3-2-5/h6-19,22,24-25H,20-21,23H2,1-5H3,(H,37,38,39);2-15,18H,16-17,19H2,1H3,(H,31,32,33)(H2,35,36,37);9H,3-8,10H2,1-2H3,(H3,17,19,20,24);5-16H2,1-4H3;5H,2-3H2,1H3/q;;;+1;/p-1. The zero-order valence-corrected chi connectivity index (χ0v) is 88.9. The number of carbonyl (C=O) groups excluding carboxylic acids is 3. The Balaban J connectivity index is 0.000000235. The molecule has 12 rings (SSSR count). The van der Waals surface area contributed by atoms with Crippen LogP contribution in [-0.2, 0) is 91.1 Å². The lowest BCUT2D eigenvalue weighted by Crippen LogP contribution is -2.50. The number of hydrogen-bond acceptors (Lipinski definition) is 32. The van der Waals surface area contributed by atoms with E-state index in [1.165, 1.54) is 115 Å². The molecule has 0 bridgehead atoms. The first-order valence-electron chi connectivity index (χ1n) is 46.7. The van der Waals surface area contributed by atoms with Crippen LogP contribution in [0.1, 0.15) is 161 Å². The van der Waals surface area contributed by atoms with Crippen molar-refractivity contribution in [2.45, 2.75) is 170 Å². The predicted molar refractivity (Wildman–Crippen MR) is 560 cm³/mol. The molecule has 0 aliphatic heterocycles. The van der Waals surface area contributed by atoms with Crippen LogP contribution in [0.4, 0.5) is 17.8 Å². The number of nitrogens with zero attached hydrogens (tertiary/aromatic N) is 12. The number of nitrogens with two attached hydrogens (primary N) is 1. The number of halogens is 2. The Morgan fingerprint density at radius 3 is 1.11 bits per heavy atom. The number of ether oxygens (including phenoxy) is 5. The molecule has 0 radical (unpaired) electrons. The number of aliphatic hydroxyl groups is 1. The summed E-state index contributed by atoms with van der Waals surface area (Å²) >= 11 is 16.5. The summed E-state index contributed by atoms with van der Waals surface area (Å²) in [5, 5.41) is 15.7. The maximum Gasteiger partial charge on any atom is 0.356 e. The van der Waals surface area contributed by atoms with Crippen LogP contribution in [0, 0.1) is 0 Å². The smallest absolute Gasteiger partial charge is 0.356 e. The van der Waals surface area contributed by atoms with Gasteiger partial charge < -0.3 is 95.8 Å². The maximum absolute atomic E-state index is 13.2. The normalized spacial score (nSPS) is 12.2. The van der Waals surface area contributed by atoms with Gasteiger partial charge in [0.05, 0.1) is 111 Å². The minimum Gasteiger partial charge on any atom is -0.777 e. The molecule has 0 aliphatic carbocycles. The van der Waals surface area contributed by atoms with Crippen molar-refractivity contribution < 1.29 is 89.2 Å². The van der Waals surface area contributed by atoms with Crippen LogP contribution >= 0.6 is 81.3 Å². The summed E-state index contributed by atoms with van der Waals surface area (Å²) in [4.78, 5) is 102. The average Bonchev–Trinajstić information content (AvgIpc) is 1.03. The summed E-state index contributed by atoms with van der Waals surface area (Å²) in [7, 11) is -8.27. The first kappa shape index (κ1) is 117. The number of nitrogens with one attached hydrogen (secondary N) is 3. The fraction of sp³-hybridized carbons (Fsp3) is 0.449. The van der Waals surface area contributed by atoms with E-state index in [-0.39, 0.29) is 121 Å². The molecule has 0 spiro atoms. The lowest BCUT2D eigenvalue weighted by Gasteiger charge is -2.39. The van der Waals surface area contributed by atoms with Crippen LogP contribution in [0.5, 0.6) is 11.5 Å². The molecule has 6 aromatic carbocycles. The van der Waals surface area contributed by atoms with Gasteiger partial charge in [-0.25, -0.2) is 15.0 Å². The first-order chi connectivity index (χ1) is 67.6. The number of aromatic amines is 1. The number of hydrogen-bond donors (Lipinski definition) is 6. The minimum atomic E-state index is -4.51. The molecule has 12 aromatic rings. The highest BCUT2D eigenvalue weighted by Gasteiger charge is 2.41. The number of quaternary nitrogens is 1. The Morgan fingerprint density at radius 1 is 0.475 bits per heavy atom. The number of anilines is 3. The number of H-pyrrole nitrogens is 1. The Hall–Kier alpha value is -9.34. The fourth-order valence-electron chi connectivity index (χ4n) is 15.0. The molecule has 7 N–H and O–H groups in total. The molecule has 0 saturated carbocycles. The molecular weight excluding hydrogens is 1970 g/mol. The lowest BCUT2D eigenvalue weighted by molar-refractivity contribution is -0.929. The van der Waals surface area contributed by atoms with Gasteiger partial charge in [-0.05, 0) is 111 Å². The van der Waals surface area contributed by atoms with Gasteiger partial charge in [-0.15, -0.1) is 0 Å². The molecule has 1 atom stereocenters. The highest BCUT2D eigenvalue weighted by molar-refractivity contribution is 8.14. The van der Waals surface area contributed by atoms with Crippen molar-refractivity contribution >= 4 is 148 Å². The van der Waals surface area contributed by atoms with E-state index in [0.717, 1.165) is 80.2 Å². The van der Waals surface area contributed by atoms with Gasteiger partial charge in [-0.3, -0.25) is 33.3 Å². The number of aliphatic hydroxyl groups excluding tert-OH is 1. The van der Waals surface area contributed by atoms with Crippen molar-refractivity contribution in [3.8, 4) is 11.5 Å². The molecule has 0 amide bonds. The summed E-state index contributed by atoms with van der Waals surface area (Å²) in [5.41, 5.74) is 11.3. The molecule has 141 heavy (non-hydrogen) atoms. The number of fused-ring (bicyclic) bond motifs is 3. The topological polar surface area (TPSA) is 450 Å². The molecule has 35 nitrogen and oxygen atoms in total. The molecule has 0 aliphatic rings. The number of thioether (sulfide) groups is 3. The maximum atomic E-state index is 13.2. The van der Waals surface area contributed by atoms with E-state index in [2.05, 4.69) is 97.5 Å². The van der Waals surface area contributed by atoms with Crippen molar-refractivity contribution in [1.29, 1.82) is 0 Å². The number of nitrogen functional groups attached to an aromatic ring is 1. The van der Waals surface area contributed by atoms with Crippen molar-refractivity contribution in [2.24, 2.45) is 0 Å². The molecular formula is C98H133Cl2N16O19P3S3. The fourth-order valence-corrected chi connectivity index (χ4v) is 20.5. The number of aromatic nitrogens is 12. The number of rotatable bonds is 53. The Kier molecular flexibility index (Phi) is 49.6. The SMILES string of the molecule is CC(=O)SCCO.CC(=O)SCCOP(=O)(COCCn1cnc2c(=O)[nH]c(N)nc21)OCCSC(C)=O.CCCC[N+](CCCC)(CCCC)CCCC.COc1ccc(C(Nc2nc(Cl)c3ncn(CCOCP(=O)(OC(C)C)OC(C)C)c3n2)(c2ccccc2)c2ccccc2)cc1.COc1ccc(C(Nc2nc(Cl)c3ncn(CCOCP(=O)([O-])O)c3n2)(c2ccccc2)c2ccccc2)cc1. The zero-order chi connectivity index (χ0) is 102. The van der Waals surface area contributed by atoms with E-state index in [0.29, 0.717) is 57.7 Å². The third-order valence-corrected chi connectivity index (χ3v) is 28.4. The van der Waals surface area contributed by atoms with E-state index >= 15 is 0 Å². The quantitative estimate of drug-likeness (QED) is 0.00678. The van der Waals surface area contributed by atoms with Crippen LogP contribution < -0.4 is 36.3 Å². The van der Waals surface area contributed by atoms with E-state index in [4.69, 9.17) is 90.7 Å². The summed E-state index contributed by atoms with van der Waals surface area (Å²) in [6.45, 7) is 28.0. The number of carbonyl (C=O) groups is 3. The number of methoxy groups -OCH3 is 2. The molecule has 1 unspecified atom stereocenters. The van der Waals surface area contributed by atoms with Crippen molar-refractivity contribution in [1.82, 2.24) is 58.6 Å². The van der Waals surface area contributed by atoms with E-state index in [1.54, 1.807) is 29.7 Å². The third-order valence-electron chi connectivity index (χ3n) is 21.4. The van der Waals surface area contributed by atoms with E-state index in [1.807, 2.05) is 178 Å². The summed E-state index contributed by atoms with van der Waals surface area (Å²) in [6.07, 6.45) is 13.9. The van der Waals surface area contributed by atoms with Gasteiger partial charge >= 0.3 is 15.2 Å². The molecule has 0 saturated heterocycles. The van der Waals surface area contributed by atoms with E-state index < -0.39 is 45.8 Å². The first-order valence-corrected chi connectivity index (χ1v) is 55.6. The van der Waals surface area contributed by atoms with Gasteiger partial charge in [0.25, 0.3) is 5.56 Å². The largest absolute Gasteiger partial charge is 0.777 e. The van der Waals surface area contributed by atoms with Gasteiger partial charge in [0.2, 0.25) is 17.8 Å². The van der Waals surface area contributed by atoms with Crippen molar-refractivity contribution in [3.63, 3.8) is 0 Å². The van der Waals surface area contributed by atoms with Gasteiger partial charge in [-0.2, -0.15) is 24.9 Å². The van der Waals surface area contributed by atoms with Gasteiger partial charge in [0, 0.05) is 57.7 Å². The van der Waals surface area contributed by atoms with Crippen LogP contribution in [0.25, 0.3) is 33.5 Å².